The van der Waals surface area contributed by atoms with Crippen molar-refractivity contribution < 1.29 is 4.79 Å². The van der Waals surface area contributed by atoms with Gasteiger partial charge in [0, 0.05) is 13.6 Å². The van der Waals surface area contributed by atoms with Crippen LogP contribution in [0.5, 0.6) is 0 Å². The molecule has 0 N–H and O–H groups in total. The second-order valence-corrected chi connectivity index (χ2v) is 5.40. The van der Waals surface area contributed by atoms with Gasteiger partial charge in [-0.05, 0) is 43.5 Å². The van der Waals surface area contributed by atoms with Gasteiger partial charge >= 0.3 is 0 Å². The fourth-order valence-electron chi connectivity index (χ4n) is 2.05. The normalized spacial score (nSPS) is 10.7. The van der Waals surface area contributed by atoms with Crippen LogP contribution in [0.25, 0.3) is 5.69 Å². The lowest BCUT2D eigenvalue weighted by Gasteiger charge is -2.14. The highest BCUT2D eigenvalue weighted by Crippen LogP contribution is 2.13. The van der Waals surface area contributed by atoms with Gasteiger partial charge in [-0.1, -0.05) is 24.6 Å². The Bertz CT molecular complexity index is 633. The first-order chi connectivity index (χ1) is 10.0. The molecule has 0 aliphatic rings. The second-order valence-electron chi connectivity index (χ2n) is 5.40. The van der Waals surface area contributed by atoms with Crippen LogP contribution in [0.15, 0.2) is 24.4 Å². The van der Waals surface area contributed by atoms with E-state index >= 15 is 0 Å². The smallest absolute Gasteiger partial charge is 0.275 e. The lowest BCUT2D eigenvalue weighted by atomic mass is 10.1. The average molecular weight is 286 g/mol. The molecule has 112 valence electrons. The Hall–Kier alpha value is -2.17. The molecule has 1 heterocycles. The lowest BCUT2D eigenvalue weighted by molar-refractivity contribution is 0.0787. The van der Waals surface area contributed by atoms with Crippen molar-refractivity contribution >= 4 is 5.91 Å². The molecule has 0 unspecified atom stereocenters. The molecule has 0 bridgehead atoms. The number of rotatable bonds is 5. The number of hydrogen-bond acceptors (Lipinski definition) is 3. The third-order valence-electron chi connectivity index (χ3n) is 3.66. The number of amides is 1. The van der Waals surface area contributed by atoms with E-state index < -0.39 is 0 Å². The molecule has 0 saturated carbocycles. The summed E-state index contributed by atoms with van der Waals surface area (Å²) in [6.45, 7) is 6.97. The van der Waals surface area contributed by atoms with E-state index in [1.807, 2.05) is 18.2 Å². The fourth-order valence-corrected chi connectivity index (χ4v) is 2.05. The molecule has 2 aromatic rings. The van der Waals surface area contributed by atoms with Crippen LogP contribution in [-0.2, 0) is 0 Å². The van der Waals surface area contributed by atoms with E-state index in [0.29, 0.717) is 5.69 Å². The molecule has 0 saturated heterocycles. The van der Waals surface area contributed by atoms with Gasteiger partial charge in [-0.2, -0.15) is 0 Å². The number of carbonyl (C=O) groups excluding carboxylic acids is 1. The lowest BCUT2D eigenvalue weighted by Crippen LogP contribution is -2.27. The molecule has 0 aliphatic heterocycles. The van der Waals surface area contributed by atoms with Crippen molar-refractivity contribution in [1.29, 1.82) is 0 Å². The molecule has 21 heavy (non-hydrogen) atoms. The fraction of sp³-hybridized carbons (Fsp3) is 0.438. The van der Waals surface area contributed by atoms with Gasteiger partial charge in [0.15, 0.2) is 5.69 Å². The van der Waals surface area contributed by atoms with E-state index in [2.05, 4.69) is 31.1 Å². The predicted octanol–water partition coefficient (Wildman–Crippen LogP) is 2.76. The highest BCUT2D eigenvalue weighted by Gasteiger charge is 2.15. The summed E-state index contributed by atoms with van der Waals surface area (Å²) in [7, 11) is 1.80. The number of unbranched alkanes of at least 4 members (excludes halogenated alkanes) is 1. The van der Waals surface area contributed by atoms with E-state index in [9.17, 15) is 4.79 Å². The molecule has 0 spiro atoms. The summed E-state index contributed by atoms with van der Waals surface area (Å²) in [6.07, 6.45) is 3.75. The van der Waals surface area contributed by atoms with Crippen molar-refractivity contribution in [3.8, 4) is 5.69 Å². The summed E-state index contributed by atoms with van der Waals surface area (Å²) >= 11 is 0. The van der Waals surface area contributed by atoms with Crippen LogP contribution in [0.4, 0.5) is 0 Å². The number of nitrogens with zero attached hydrogens (tertiary/aromatic N) is 4. The molecule has 5 nitrogen and oxygen atoms in total. The topological polar surface area (TPSA) is 51.0 Å². The maximum atomic E-state index is 12.2. The molecule has 1 aromatic carbocycles. The Morgan fingerprint density at radius 1 is 1.29 bits per heavy atom. The van der Waals surface area contributed by atoms with Gasteiger partial charge in [0.1, 0.15) is 0 Å². The van der Waals surface area contributed by atoms with Crippen molar-refractivity contribution in [1.82, 2.24) is 19.9 Å². The van der Waals surface area contributed by atoms with Gasteiger partial charge in [-0.15, -0.1) is 5.10 Å². The Kier molecular flexibility index (Phi) is 4.73. The Morgan fingerprint density at radius 3 is 2.71 bits per heavy atom. The molecular weight excluding hydrogens is 264 g/mol. The van der Waals surface area contributed by atoms with Crippen LogP contribution >= 0.6 is 0 Å². The minimum atomic E-state index is -0.0847. The highest BCUT2D eigenvalue weighted by molar-refractivity contribution is 5.91. The molecule has 2 rings (SSSR count). The zero-order valence-corrected chi connectivity index (χ0v) is 13.1. The van der Waals surface area contributed by atoms with Crippen LogP contribution in [0.2, 0.25) is 0 Å². The maximum absolute atomic E-state index is 12.2. The first kappa shape index (κ1) is 15.2. The second kappa shape index (κ2) is 6.52. The molecule has 0 atom stereocenters. The van der Waals surface area contributed by atoms with Crippen molar-refractivity contribution in [2.45, 2.75) is 33.6 Å². The predicted molar refractivity (Wildman–Crippen MR) is 82.7 cm³/mol. The van der Waals surface area contributed by atoms with Crippen LogP contribution in [0, 0.1) is 13.8 Å². The van der Waals surface area contributed by atoms with Gasteiger partial charge < -0.3 is 4.90 Å². The first-order valence-corrected chi connectivity index (χ1v) is 7.28. The Labute approximate surface area is 125 Å². The summed E-state index contributed by atoms with van der Waals surface area (Å²) in [5.74, 6) is -0.0847. The van der Waals surface area contributed by atoms with Gasteiger partial charge in [0.05, 0.1) is 11.9 Å². The summed E-state index contributed by atoms with van der Waals surface area (Å²) in [6, 6.07) is 6.06. The molecule has 5 heteroatoms. The zero-order chi connectivity index (χ0) is 15.4. The van der Waals surface area contributed by atoms with Crippen molar-refractivity contribution in [3.63, 3.8) is 0 Å². The van der Waals surface area contributed by atoms with Crippen LogP contribution in [-0.4, -0.2) is 39.4 Å². The zero-order valence-electron chi connectivity index (χ0n) is 13.1. The number of benzene rings is 1. The third-order valence-corrected chi connectivity index (χ3v) is 3.66. The standard InChI is InChI=1S/C16H22N4O/c1-5-6-9-19(4)16(21)15-11-20(18-17-15)14-8-7-12(2)13(3)10-14/h7-8,10-11H,5-6,9H2,1-4H3. The van der Waals surface area contributed by atoms with Crippen molar-refractivity contribution in [2.75, 3.05) is 13.6 Å². The van der Waals surface area contributed by atoms with Crippen LogP contribution in [0.1, 0.15) is 41.4 Å². The Balaban J connectivity index is 2.17. The van der Waals surface area contributed by atoms with Gasteiger partial charge in [0.25, 0.3) is 5.91 Å². The molecule has 0 fully saturated rings. The third kappa shape index (κ3) is 3.48. The minimum Gasteiger partial charge on any atom is -0.340 e. The van der Waals surface area contributed by atoms with Gasteiger partial charge in [-0.3, -0.25) is 4.79 Å². The van der Waals surface area contributed by atoms with Crippen LogP contribution < -0.4 is 0 Å². The van der Waals surface area contributed by atoms with E-state index in [-0.39, 0.29) is 5.91 Å². The molecular formula is C16H22N4O. The van der Waals surface area contributed by atoms with Gasteiger partial charge in [-0.25, -0.2) is 4.68 Å². The van der Waals surface area contributed by atoms with E-state index in [1.165, 1.54) is 11.1 Å². The van der Waals surface area contributed by atoms with E-state index in [0.717, 1.165) is 25.1 Å². The quantitative estimate of drug-likeness (QED) is 0.849. The number of aryl methyl sites for hydroxylation is 2. The highest BCUT2D eigenvalue weighted by atomic mass is 16.2. The molecule has 0 radical (unpaired) electrons. The minimum absolute atomic E-state index is 0.0847. The average Bonchev–Trinajstić information content (AvgIpc) is 2.96. The van der Waals surface area contributed by atoms with Crippen molar-refractivity contribution in [3.05, 3.63) is 41.2 Å². The Morgan fingerprint density at radius 2 is 2.05 bits per heavy atom. The molecule has 1 aromatic heterocycles. The molecule has 1 amide bonds. The number of carbonyl (C=O) groups is 1. The summed E-state index contributed by atoms with van der Waals surface area (Å²) in [4.78, 5) is 13.9. The largest absolute Gasteiger partial charge is 0.340 e. The summed E-state index contributed by atoms with van der Waals surface area (Å²) < 4.78 is 1.65. The first-order valence-electron chi connectivity index (χ1n) is 7.28. The van der Waals surface area contributed by atoms with Crippen molar-refractivity contribution in [2.24, 2.45) is 0 Å². The SMILES string of the molecule is CCCCN(C)C(=O)c1cn(-c2ccc(C)c(C)c2)nn1. The van der Waals surface area contributed by atoms with Crippen LogP contribution in [0.3, 0.4) is 0 Å². The maximum Gasteiger partial charge on any atom is 0.275 e. The number of hydrogen-bond donors (Lipinski definition) is 0. The summed E-state index contributed by atoms with van der Waals surface area (Å²) in [5.41, 5.74) is 3.72. The van der Waals surface area contributed by atoms with E-state index in [4.69, 9.17) is 0 Å². The summed E-state index contributed by atoms with van der Waals surface area (Å²) in [5, 5.41) is 8.06. The van der Waals surface area contributed by atoms with Gasteiger partial charge in [0.2, 0.25) is 0 Å². The molecule has 0 aliphatic carbocycles. The monoisotopic (exact) mass is 286 g/mol. The number of aromatic nitrogens is 3. The van der Waals surface area contributed by atoms with E-state index in [1.54, 1.807) is 22.8 Å².